The number of thiophene rings is 1. The van der Waals surface area contributed by atoms with E-state index in [4.69, 9.17) is 0 Å². The molecule has 0 unspecified atom stereocenters. The van der Waals surface area contributed by atoms with Gasteiger partial charge in [-0.1, -0.05) is 6.07 Å². The van der Waals surface area contributed by atoms with Crippen molar-refractivity contribution in [3.05, 3.63) is 22.4 Å². The molecule has 2 aliphatic rings. The Morgan fingerprint density at radius 3 is 2.63 bits per heavy atom. The Bertz CT molecular complexity index is 353. The van der Waals surface area contributed by atoms with Crippen LogP contribution >= 0.6 is 11.3 Å². The van der Waals surface area contributed by atoms with Crippen molar-refractivity contribution in [2.24, 2.45) is 5.92 Å². The topological polar surface area (TPSA) is 18.5 Å². The fourth-order valence-electron chi connectivity index (χ4n) is 2.72. The molecule has 1 aliphatic carbocycles. The molecule has 3 rings (SSSR count). The van der Waals surface area contributed by atoms with Gasteiger partial charge in [-0.15, -0.1) is 11.3 Å². The third-order valence-corrected chi connectivity index (χ3v) is 5.04. The molecule has 2 heterocycles. The van der Waals surface area contributed by atoms with E-state index in [1.54, 1.807) is 0 Å². The van der Waals surface area contributed by atoms with Crippen LogP contribution in [0.25, 0.3) is 0 Å². The number of hydrogen-bond acceptors (Lipinski definition) is 4. The van der Waals surface area contributed by atoms with Crippen molar-refractivity contribution in [1.29, 1.82) is 0 Å². The summed E-state index contributed by atoms with van der Waals surface area (Å²) in [5.74, 6) is 1.04. The van der Waals surface area contributed by atoms with Crippen LogP contribution in [0.5, 0.6) is 0 Å². The summed E-state index contributed by atoms with van der Waals surface area (Å²) in [6, 6.07) is 4.33. The SMILES string of the molecule is c1csc(CNCCN2CCN(CC3CC3)CC2)c1. The zero-order chi connectivity index (χ0) is 12.9. The number of piperazine rings is 1. The largest absolute Gasteiger partial charge is 0.311 e. The van der Waals surface area contributed by atoms with Gasteiger partial charge in [-0.2, -0.15) is 0 Å². The van der Waals surface area contributed by atoms with E-state index in [1.807, 2.05) is 11.3 Å². The van der Waals surface area contributed by atoms with Gasteiger partial charge in [-0.3, -0.25) is 4.90 Å². The highest BCUT2D eigenvalue weighted by molar-refractivity contribution is 7.09. The van der Waals surface area contributed by atoms with Gasteiger partial charge in [0.1, 0.15) is 0 Å². The van der Waals surface area contributed by atoms with E-state index >= 15 is 0 Å². The zero-order valence-corrected chi connectivity index (χ0v) is 12.5. The van der Waals surface area contributed by atoms with E-state index in [0.717, 1.165) is 19.0 Å². The molecule has 1 N–H and O–H groups in total. The predicted octanol–water partition coefficient (Wildman–Crippen LogP) is 1.87. The quantitative estimate of drug-likeness (QED) is 0.769. The second-order valence-electron chi connectivity index (χ2n) is 5.84. The average molecular weight is 279 g/mol. The second kappa shape index (κ2) is 6.84. The predicted molar refractivity (Wildman–Crippen MR) is 81.6 cm³/mol. The molecule has 1 saturated heterocycles. The standard InChI is InChI=1S/C15H25N3S/c1-2-15(19-11-1)12-16-5-6-17-7-9-18(10-8-17)13-14-3-4-14/h1-2,11,14,16H,3-10,12-13H2. The molecule has 0 radical (unpaired) electrons. The molecule has 2 fully saturated rings. The lowest BCUT2D eigenvalue weighted by molar-refractivity contribution is 0.129. The maximum absolute atomic E-state index is 3.54. The molecule has 106 valence electrons. The first-order valence-corrected chi connectivity index (χ1v) is 8.46. The van der Waals surface area contributed by atoms with Crippen LogP contribution in [-0.2, 0) is 6.54 Å². The van der Waals surface area contributed by atoms with Gasteiger partial charge in [0.25, 0.3) is 0 Å². The highest BCUT2D eigenvalue weighted by Gasteiger charge is 2.26. The number of hydrogen-bond donors (Lipinski definition) is 1. The van der Waals surface area contributed by atoms with Crippen LogP contribution in [0.3, 0.4) is 0 Å². The Kier molecular flexibility index (Phi) is 4.88. The van der Waals surface area contributed by atoms with E-state index in [2.05, 4.69) is 32.6 Å². The molecule has 0 aromatic carbocycles. The monoisotopic (exact) mass is 279 g/mol. The Labute approximate surface area is 120 Å². The van der Waals surface area contributed by atoms with E-state index in [-0.39, 0.29) is 0 Å². The van der Waals surface area contributed by atoms with E-state index in [1.165, 1.54) is 57.0 Å². The van der Waals surface area contributed by atoms with Gasteiger partial charge >= 0.3 is 0 Å². The molecule has 1 aliphatic heterocycles. The smallest absolute Gasteiger partial charge is 0.0300 e. The summed E-state index contributed by atoms with van der Waals surface area (Å²) < 4.78 is 0. The van der Waals surface area contributed by atoms with Crippen LogP contribution in [0, 0.1) is 5.92 Å². The van der Waals surface area contributed by atoms with Crippen molar-refractivity contribution in [3.8, 4) is 0 Å². The van der Waals surface area contributed by atoms with Crippen LogP contribution < -0.4 is 5.32 Å². The summed E-state index contributed by atoms with van der Waals surface area (Å²) in [5, 5.41) is 5.69. The molecule has 1 saturated carbocycles. The minimum absolute atomic E-state index is 1.03. The highest BCUT2D eigenvalue weighted by atomic mass is 32.1. The first-order chi connectivity index (χ1) is 9.40. The molecule has 3 nitrogen and oxygen atoms in total. The molecule has 4 heteroatoms. The minimum Gasteiger partial charge on any atom is -0.311 e. The first-order valence-electron chi connectivity index (χ1n) is 7.58. The van der Waals surface area contributed by atoms with Crippen molar-refractivity contribution in [1.82, 2.24) is 15.1 Å². The van der Waals surface area contributed by atoms with Gasteiger partial charge in [-0.05, 0) is 30.2 Å². The third-order valence-electron chi connectivity index (χ3n) is 4.16. The van der Waals surface area contributed by atoms with Gasteiger partial charge in [-0.25, -0.2) is 0 Å². The fourth-order valence-corrected chi connectivity index (χ4v) is 3.40. The molecule has 0 spiro atoms. The Morgan fingerprint density at radius 2 is 1.95 bits per heavy atom. The van der Waals surface area contributed by atoms with Gasteiger partial charge in [0.05, 0.1) is 0 Å². The lowest BCUT2D eigenvalue weighted by Crippen LogP contribution is -2.48. The van der Waals surface area contributed by atoms with Crippen LogP contribution in [-0.4, -0.2) is 55.6 Å². The maximum Gasteiger partial charge on any atom is 0.0300 e. The Hall–Kier alpha value is -0.420. The summed E-state index contributed by atoms with van der Waals surface area (Å²) in [6.07, 6.45) is 2.96. The number of rotatable bonds is 7. The molecule has 1 aromatic rings. The fraction of sp³-hybridized carbons (Fsp3) is 0.733. The van der Waals surface area contributed by atoms with E-state index < -0.39 is 0 Å². The molecular weight excluding hydrogens is 254 g/mol. The molecule has 0 atom stereocenters. The van der Waals surface area contributed by atoms with E-state index in [0.29, 0.717) is 0 Å². The third kappa shape index (κ3) is 4.56. The molecule has 1 aromatic heterocycles. The lowest BCUT2D eigenvalue weighted by Gasteiger charge is -2.34. The van der Waals surface area contributed by atoms with Crippen molar-refractivity contribution in [2.75, 3.05) is 45.8 Å². The molecular formula is C15H25N3S. The van der Waals surface area contributed by atoms with Crippen molar-refractivity contribution in [2.45, 2.75) is 19.4 Å². The Morgan fingerprint density at radius 1 is 1.16 bits per heavy atom. The van der Waals surface area contributed by atoms with Crippen molar-refractivity contribution in [3.63, 3.8) is 0 Å². The average Bonchev–Trinajstić information content (AvgIpc) is 3.09. The maximum atomic E-state index is 3.54. The van der Waals surface area contributed by atoms with Crippen LogP contribution in [0.2, 0.25) is 0 Å². The zero-order valence-electron chi connectivity index (χ0n) is 11.7. The number of nitrogens with zero attached hydrogens (tertiary/aromatic N) is 2. The summed E-state index contributed by atoms with van der Waals surface area (Å²) >= 11 is 1.84. The highest BCUT2D eigenvalue weighted by Crippen LogP contribution is 2.29. The van der Waals surface area contributed by atoms with Crippen LogP contribution in [0.1, 0.15) is 17.7 Å². The van der Waals surface area contributed by atoms with Gasteiger partial charge in [0, 0.05) is 57.2 Å². The van der Waals surface area contributed by atoms with Crippen LogP contribution in [0.15, 0.2) is 17.5 Å². The summed E-state index contributed by atoms with van der Waals surface area (Å²) in [6.45, 7) is 9.77. The second-order valence-corrected chi connectivity index (χ2v) is 6.87. The van der Waals surface area contributed by atoms with Gasteiger partial charge in [0.2, 0.25) is 0 Å². The molecule has 19 heavy (non-hydrogen) atoms. The lowest BCUT2D eigenvalue weighted by atomic mass is 10.3. The summed E-state index contributed by atoms with van der Waals surface area (Å²) in [4.78, 5) is 6.70. The van der Waals surface area contributed by atoms with E-state index in [9.17, 15) is 0 Å². The molecule has 0 bridgehead atoms. The van der Waals surface area contributed by atoms with Gasteiger partial charge in [0.15, 0.2) is 0 Å². The Balaban J connectivity index is 1.25. The van der Waals surface area contributed by atoms with Crippen LogP contribution in [0.4, 0.5) is 0 Å². The van der Waals surface area contributed by atoms with Crippen molar-refractivity contribution < 1.29 is 0 Å². The molecule has 0 amide bonds. The summed E-state index contributed by atoms with van der Waals surface area (Å²) in [5.41, 5.74) is 0. The van der Waals surface area contributed by atoms with Gasteiger partial charge < -0.3 is 10.2 Å². The number of nitrogens with one attached hydrogen (secondary N) is 1. The normalized spacial score (nSPS) is 21.9. The first kappa shape index (κ1) is 13.6. The summed E-state index contributed by atoms with van der Waals surface area (Å²) in [7, 11) is 0. The van der Waals surface area contributed by atoms with Crippen molar-refractivity contribution >= 4 is 11.3 Å². The minimum atomic E-state index is 1.03.